The second kappa shape index (κ2) is 3.63. The molecule has 2 nitrogen and oxygen atoms in total. The van der Waals surface area contributed by atoms with Crippen LogP contribution in [0.3, 0.4) is 0 Å². The van der Waals surface area contributed by atoms with E-state index < -0.39 is 5.97 Å². The normalized spacial score (nSPS) is 27.6. The molecule has 1 heterocycles. The van der Waals surface area contributed by atoms with Crippen LogP contribution in [0, 0.1) is 17.3 Å². The number of thiophene rings is 1. The molecule has 1 aliphatic carbocycles. The van der Waals surface area contributed by atoms with Gasteiger partial charge in [0.1, 0.15) is 0 Å². The molecule has 82 valence electrons. The van der Waals surface area contributed by atoms with Gasteiger partial charge in [0.2, 0.25) is 0 Å². The number of carboxylic acid groups (broad SMARTS) is 1. The van der Waals surface area contributed by atoms with Crippen molar-refractivity contribution in [1.82, 2.24) is 0 Å². The molecular formula is C12H16O2S. The first kappa shape index (κ1) is 10.7. The fourth-order valence-corrected chi connectivity index (χ4v) is 3.23. The van der Waals surface area contributed by atoms with Gasteiger partial charge in [-0.15, -0.1) is 0 Å². The monoisotopic (exact) mass is 224 g/mol. The quantitative estimate of drug-likeness (QED) is 0.853. The summed E-state index contributed by atoms with van der Waals surface area (Å²) in [5.41, 5.74) is 1.34. The lowest BCUT2D eigenvalue weighted by atomic mass is 10.0. The number of hydrogen-bond acceptors (Lipinski definition) is 2. The zero-order valence-corrected chi connectivity index (χ0v) is 9.88. The van der Waals surface area contributed by atoms with E-state index in [1.807, 2.05) is 0 Å². The number of aryl methyl sites for hydroxylation is 1. The molecule has 0 radical (unpaired) electrons. The SMILES string of the molecule is CC1(C)[C@H](CCc2ccsc2)[C@H]1C(=O)O. The lowest BCUT2D eigenvalue weighted by molar-refractivity contribution is -0.139. The van der Waals surface area contributed by atoms with Crippen LogP contribution in [0.4, 0.5) is 0 Å². The van der Waals surface area contributed by atoms with Crippen LogP contribution in [-0.2, 0) is 11.2 Å². The molecule has 0 amide bonds. The van der Waals surface area contributed by atoms with Gasteiger partial charge in [-0.3, -0.25) is 4.79 Å². The average molecular weight is 224 g/mol. The van der Waals surface area contributed by atoms with Gasteiger partial charge in [-0.1, -0.05) is 13.8 Å². The Bertz CT molecular complexity index is 354. The van der Waals surface area contributed by atoms with E-state index in [0.717, 1.165) is 12.8 Å². The molecule has 1 N–H and O–H groups in total. The summed E-state index contributed by atoms with van der Waals surface area (Å²) in [6, 6.07) is 2.12. The molecule has 0 bridgehead atoms. The van der Waals surface area contributed by atoms with Crippen LogP contribution < -0.4 is 0 Å². The molecule has 1 fully saturated rings. The topological polar surface area (TPSA) is 37.3 Å². The van der Waals surface area contributed by atoms with E-state index in [2.05, 4.69) is 30.7 Å². The fourth-order valence-electron chi connectivity index (χ4n) is 2.53. The summed E-state index contributed by atoms with van der Waals surface area (Å²) < 4.78 is 0. The highest BCUT2D eigenvalue weighted by atomic mass is 32.1. The third-order valence-electron chi connectivity index (χ3n) is 3.64. The van der Waals surface area contributed by atoms with Crippen molar-refractivity contribution in [3.63, 3.8) is 0 Å². The molecule has 1 saturated carbocycles. The van der Waals surface area contributed by atoms with E-state index in [-0.39, 0.29) is 11.3 Å². The van der Waals surface area contributed by atoms with Crippen molar-refractivity contribution < 1.29 is 9.90 Å². The van der Waals surface area contributed by atoms with Crippen molar-refractivity contribution in [3.05, 3.63) is 22.4 Å². The third-order valence-corrected chi connectivity index (χ3v) is 4.37. The number of rotatable bonds is 4. The molecule has 2 rings (SSSR count). The number of aliphatic carboxylic acids is 1. The van der Waals surface area contributed by atoms with Crippen molar-refractivity contribution in [1.29, 1.82) is 0 Å². The molecule has 2 atom stereocenters. The maximum atomic E-state index is 11.0. The maximum absolute atomic E-state index is 11.0. The van der Waals surface area contributed by atoms with E-state index in [4.69, 9.17) is 5.11 Å². The van der Waals surface area contributed by atoms with E-state index in [9.17, 15) is 4.79 Å². The van der Waals surface area contributed by atoms with Gasteiger partial charge in [0.25, 0.3) is 0 Å². The Kier molecular flexibility index (Phi) is 2.59. The number of carbonyl (C=O) groups is 1. The van der Waals surface area contributed by atoms with Gasteiger partial charge >= 0.3 is 5.97 Å². The van der Waals surface area contributed by atoms with Crippen molar-refractivity contribution in [2.45, 2.75) is 26.7 Å². The summed E-state index contributed by atoms with van der Waals surface area (Å²) in [4.78, 5) is 11.0. The minimum absolute atomic E-state index is 0.00184. The second-order valence-corrected chi connectivity index (χ2v) is 5.69. The van der Waals surface area contributed by atoms with Crippen molar-refractivity contribution in [2.75, 3.05) is 0 Å². The predicted molar refractivity (Wildman–Crippen MR) is 61.0 cm³/mol. The minimum atomic E-state index is -0.629. The summed E-state index contributed by atoms with van der Waals surface area (Å²) in [7, 11) is 0. The summed E-state index contributed by atoms with van der Waals surface area (Å²) >= 11 is 1.70. The zero-order chi connectivity index (χ0) is 11.1. The van der Waals surface area contributed by atoms with Crippen molar-refractivity contribution >= 4 is 17.3 Å². The molecular weight excluding hydrogens is 208 g/mol. The molecule has 1 aromatic rings. The molecule has 0 unspecified atom stereocenters. The van der Waals surface area contributed by atoms with Gasteiger partial charge in [0.05, 0.1) is 5.92 Å². The maximum Gasteiger partial charge on any atom is 0.307 e. The average Bonchev–Trinajstić information content (AvgIpc) is 2.55. The first-order valence-corrected chi connectivity index (χ1v) is 6.21. The van der Waals surface area contributed by atoms with Crippen LogP contribution in [0.25, 0.3) is 0 Å². The van der Waals surface area contributed by atoms with Crippen LogP contribution in [0.15, 0.2) is 16.8 Å². The molecule has 15 heavy (non-hydrogen) atoms. The van der Waals surface area contributed by atoms with E-state index >= 15 is 0 Å². The van der Waals surface area contributed by atoms with Crippen LogP contribution >= 0.6 is 11.3 Å². The highest BCUT2D eigenvalue weighted by Gasteiger charge is 2.61. The Morgan fingerprint density at radius 2 is 2.33 bits per heavy atom. The lowest BCUT2D eigenvalue weighted by Gasteiger charge is -2.00. The van der Waals surface area contributed by atoms with Gasteiger partial charge in [-0.25, -0.2) is 0 Å². The molecule has 0 saturated heterocycles. The number of hydrogen-bond donors (Lipinski definition) is 1. The second-order valence-electron chi connectivity index (χ2n) is 4.91. The molecule has 0 aliphatic heterocycles. The van der Waals surface area contributed by atoms with E-state index in [1.165, 1.54) is 5.56 Å². The molecule has 3 heteroatoms. The van der Waals surface area contributed by atoms with Crippen molar-refractivity contribution in [3.8, 4) is 0 Å². The summed E-state index contributed by atoms with van der Waals surface area (Å²) in [6.07, 6.45) is 2.02. The van der Waals surface area contributed by atoms with Crippen LogP contribution in [-0.4, -0.2) is 11.1 Å². The van der Waals surface area contributed by atoms with Crippen LogP contribution in [0.5, 0.6) is 0 Å². The fraction of sp³-hybridized carbons (Fsp3) is 0.583. The highest BCUT2D eigenvalue weighted by Crippen LogP contribution is 2.60. The Balaban J connectivity index is 1.90. The van der Waals surface area contributed by atoms with Gasteiger partial charge in [-0.05, 0) is 46.6 Å². The lowest BCUT2D eigenvalue weighted by Crippen LogP contribution is -2.03. The third kappa shape index (κ3) is 1.93. The number of carboxylic acids is 1. The van der Waals surface area contributed by atoms with Gasteiger partial charge in [0, 0.05) is 0 Å². The van der Waals surface area contributed by atoms with E-state index in [1.54, 1.807) is 11.3 Å². The minimum Gasteiger partial charge on any atom is -0.481 e. The van der Waals surface area contributed by atoms with Gasteiger partial charge in [-0.2, -0.15) is 11.3 Å². The summed E-state index contributed by atoms with van der Waals surface area (Å²) in [5.74, 6) is -0.402. The van der Waals surface area contributed by atoms with E-state index in [0.29, 0.717) is 5.92 Å². The van der Waals surface area contributed by atoms with Crippen molar-refractivity contribution in [2.24, 2.45) is 17.3 Å². The largest absolute Gasteiger partial charge is 0.481 e. The Hall–Kier alpha value is -0.830. The first-order valence-electron chi connectivity index (χ1n) is 5.27. The zero-order valence-electron chi connectivity index (χ0n) is 9.06. The Morgan fingerprint density at radius 1 is 1.60 bits per heavy atom. The molecule has 1 aliphatic rings. The standard InChI is InChI=1S/C12H16O2S/c1-12(2)9(10(12)11(13)14)4-3-8-5-6-15-7-8/h5-7,9-10H,3-4H2,1-2H3,(H,13,14)/t9-,10+/m1/s1. The van der Waals surface area contributed by atoms with Gasteiger partial charge in [0.15, 0.2) is 0 Å². The van der Waals surface area contributed by atoms with Gasteiger partial charge < -0.3 is 5.11 Å². The Morgan fingerprint density at radius 3 is 2.80 bits per heavy atom. The predicted octanol–water partition coefficient (Wildman–Crippen LogP) is 3.04. The Labute approximate surface area is 93.9 Å². The smallest absolute Gasteiger partial charge is 0.307 e. The van der Waals surface area contributed by atoms with Crippen LogP contribution in [0.2, 0.25) is 0 Å². The molecule has 0 aromatic carbocycles. The highest BCUT2D eigenvalue weighted by molar-refractivity contribution is 7.07. The summed E-state index contributed by atoms with van der Waals surface area (Å²) in [6.45, 7) is 4.12. The molecule has 0 spiro atoms. The van der Waals surface area contributed by atoms with Crippen LogP contribution in [0.1, 0.15) is 25.8 Å². The summed E-state index contributed by atoms with van der Waals surface area (Å²) in [5, 5.41) is 13.2. The first-order chi connectivity index (χ1) is 7.03. The molecule has 1 aromatic heterocycles.